The van der Waals surface area contributed by atoms with E-state index in [2.05, 4.69) is 10.4 Å². The molecule has 1 fully saturated rings. The number of carboxylic acid groups (broad SMARTS) is 1. The van der Waals surface area contributed by atoms with Crippen LogP contribution in [0.2, 0.25) is 5.02 Å². The van der Waals surface area contributed by atoms with Gasteiger partial charge in [0.1, 0.15) is 5.54 Å². The average Bonchev–Trinajstić information content (AvgIpc) is 2.88. The predicted molar refractivity (Wildman–Crippen MR) is 73.6 cm³/mol. The van der Waals surface area contributed by atoms with Crippen molar-refractivity contribution >= 4 is 17.6 Å². The van der Waals surface area contributed by atoms with Gasteiger partial charge in [-0.15, -0.1) is 0 Å². The van der Waals surface area contributed by atoms with Crippen molar-refractivity contribution in [1.29, 1.82) is 0 Å². The molecule has 0 bridgehead atoms. The predicted octanol–water partition coefficient (Wildman–Crippen LogP) is 2.31. The van der Waals surface area contributed by atoms with Crippen molar-refractivity contribution in [1.82, 2.24) is 15.1 Å². The molecule has 1 aliphatic rings. The highest BCUT2D eigenvalue weighted by atomic mass is 35.5. The second kappa shape index (κ2) is 5.13. The second-order valence-corrected chi connectivity index (χ2v) is 5.62. The van der Waals surface area contributed by atoms with Gasteiger partial charge in [0, 0.05) is 0 Å². The molecule has 19 heavy (non-hydrogen) atoms. The third-order valence-corrected chi connectivity index (χ3v) is 4.54. The number of aromatic nitrogens is 2. The number of likely N-dealkylation sites (N-methyl/N-ethyl adjacent to an activating group) is 1. The molecule has 2 unspecified atom stereocenters. The molecule has 6 heteroatoms. The van der Waals surface area contributed by atoms with Crippen LogP contribution in [-0.2, 0) is 4.79 Å². The molecule has 1 saturated carbocycles. The van der Waals surface area contributed by atoms with E-state index in [9.17, 15) is 9.90 Å². The molecular formula is C13H20ClN3O2. The van der Waals surface area contributed by atoms with Gasteiger partial charge in [-0.05, 0) is 39.7 Å². The van der Waals surface area contributed by atoms with E-state index in [4.69, 9.17) is 11.6 Å². The average molecular weight is 286 g/mol. The van der Waals surface area contributed by atoms with Crippen LogP contribution in [0.4, 0.5) is 0 Å². The van der Waals surface area contributed by atoms with Gasteiger partial charge in [-0.1, -0.05) is 18.5 Å². The van der Waals surface area contributed by atoms with Gasteiger partial charge in [-0.25, -0.2) is 0 Å². The molecule has 5 nitrogen and oxygen atoms in total. The zero-order chi connectivity index (χ0) is 14.2. The van der Waals surface area contributed by atoms with Crippen molar-refractivity contribution in [3.63, 3.8) is 0 Å². The Kier molecular flexibility index (Phi) is 3.87. The standard InChI is InChI=1S/C13H20ClN3O2/c1-4-15-13(12(18)19)6-5-10(7-13)17-9(3)11(14)8(2)16-17/h10,15H,4-7H2,1-3H3,(H,18,19). The molecule has 2 N–H and O–H groups in total. The number of aliphatic carboxylic acids is 1. The molecule has 0 aromatic carbocycles. The molecule has 0 spiro atoms. The number of hydrogen-bond acceptors (Lipinski definition) is 3. The SMILES string of the molecule is CCNC1(C(=O)O)CCC(n2nc(C)c(Cl)c2C)C1. The first kappa shape index (κ1) is 14.3. The van der Waals surface area contributed by atoms with Gasteiger partial charge < -0.3 is 10.4 Å². The normalized spacial score (nSPS) is 26.8. The summed E-state index contributed by atoms with van der Waals surface area (Å²) in [5.74, 6) is -0.774. The van der Waals surface area contributed by atoms with E-state index in [1.807, 2.05) is 25.5 Å². The number of carboxylic acids is 1. The number of aryl methyl sites for hydroxylation is 1. The monoisotopic (exact) mass is 285 g/mol. The van der Waals surface area contributed by atoms with Gasteiger partial charge >= 0.3 is 5.97 Å². The summed E-state index contributed by atoms with van der Waals surface area (Å²) in [5.41, 5.74) is 0.898. The van der Waals surface area contributed by atoms with Crippen molar-refractivity contribution in [3.05, 3.63) is 16.4 Å². The molecule has 1 heterocycles. The van der Waals surface area contributed by atoms with E-state index in [1.165, 1.54) is 0 Å². The fourth-order valence-corrected chi connectivity index (χ4v) is 3.12. The van der Waals surface area contributed by atoms with Crippen LogP contribution in [0, 0.1) is 13.8 Å². The lowest BCUT2D eigenvalue weighted by Crippen LogP contribution is -2.50. The maximum atomic E-state index is 11.5. The minimum atomic E-state index is -0.821. The van der Waals surface area contributed by atoms with Gasteiger partial charge in [0.25, 0.3) is 0 Å². The fourth-order valence-electron chi connectivity index (χ4n) is 3.00. The Balaban J connectivity index is 2.26. The zero-order valence-electron chi connectivity index (χ0n) is 11.5. The van der Waals surface area contributed by atoms with Crippen LogP contribution in [0.15, 0.2) is 0 Å². The van der Waals surface area contributed by atoms with Crippen molar-refractivity contribution in [2.45, 2.75) is 51.6 Å². The number of nitrogens with zero attached hydrogens (tertiary/aromatic N) is 2. The smallest absolute Gasteiger partial charge is 0.323 e. The van der Waals surface area contributed by atoms with E-state index < -0.39 is 11.5 Å². The highest BCUT2D eigenvalue weighted by Gasteiger charge is 2.46. The molecule has 0 saturated heterocycles. The van der Waals surface area contributed by atoms with Gasteiger partial charge in [-0.3, -0.25) is 9.48 Å². The van der Waals surface area contributed by atoms with Crippen molar-refractivity contribution in [3.8, 4) is 0 Å². The maximum absolute atomic E-state index is 11.5. The summed E-state index contributed by atoms with van der Waals surface area (Å²) < 4.78 is 1.89. The minimum absolute atomic E-state index is 0.0985. The molecular weight excluding hydrogens is 266 g/mol. The molecule has 1 aromatic heterocycles. The number of rotatable bonds is 4. The van der Waals surface area contributed by atoms with Crippen LogP contribution in [0.25, 0.3) is 0 Å². The summed E-state index contributed by atoms with van der Waals surface area (Å²) in [4.78, 5) is 11.5. The number of hydrogen-bond donors (Lipinski definition) is 2. The Morgan fingerprint density at radius 2 is 2.32 bits per heavy atom. The lowest BCUT2D eigenvalue weighted by Gasteiger charge is -2.25. The Morgan fingerprint density at radius 3 is 2.79 bits per heavy atom. The molecule has 0 amide bonds. The molecule has 2 rings (SSSR count). The highest BCUT2D eigenvalue weighted by Crippen LogP contribution is 2.39. The first-order valence-corrected chi connectivity index (χ1v) is 6.98. The Bertz CT molecular complexity index is 500. The summed E-state index contributed by atoms with van der Waals surface area (Å²) in [7, 11) is 0. The molecule has 1 aliphatic carbocycles. The largest absolute Gasteiger partial charge is 0.480 e. The molecule has 0 aliphatic heterocycles. The first-order valence-electron chi connectivity index (χ1n) is 6.61. The van der Waals surface area contributed by atoms with Gasteiger partial charge in [0.2, 0.25) is 0 Å². The minimum Gasteiger partial charge on any atom is -0.480 e. The van der Waals surface area contributed by atoms with Crippen LogP contribution in [-0.4, -0.2) is 32.9 Å². The quantitative estimate of drug-likeness (QED) is 0.891. The summed E-state index contributed by atoms with van der Waals surface area (Å²) in [5, 5.41) is 17.7. The summed E-state index contributed by atoms with van der Waals surface area (Å²) in [6.45, 7) is 6.38. The van der Waals surface area contributed by atoms with Crippen LogP contribution in [0.5, 0.6) is 0 Å². The maximum Gasteiger partial charge on any atom is 0.323 e. The summed E-state index contributed by atoms with van der Waals surface area (Å²) in [6.07, 6.45) is 1.98. The molecule has 106 valence electrons. The first-order chi connectivity index (χ1) is 8.91. The molecule has 2 atom stereocenters. The lowest BCUT2D eigenvalue weighted by atomic mass is 9.97. The molecule has 1 aromatic rings. The number of nitrogens with one attached hydrogen (secondary N) is 1. The Morgan fingerprint density at radius 1 is 1.63 bits per heavy atom. The number of carbonyl (C=O) groups is 1. The van der Waals surface area contributed by atoms with Crippen LogP contribution in [0.3, 0.4) is 0 Å². The van der Waals surface area contributed by atoms with E-state index in [1.54, 1.807) is 0 Å². The second-order valence-electron chi connectivity index (χ2n) is 5.24. The summed E-state index contributed by atoms with van der Waals surface area (Å²) in [6, 6.07) is 0.0985. The highest BCUT2D eigenvalue weighted by molar-refractivity contribution is 6.31. The van der Waals surface area contributed by atoms with Crippen molar-refractivity contribution in [2.75, 3.05) is 6.54 Å². The van der Waals surface area contributed by atoms with E-state index in [-0.39, 0.29) is 6.04 Å². The third kappa shape index (κ3) is 2.37. The number of halogens is 1. The van der Waals surface area contributed by atoms with Gasteiger partial charge in [-0.2, -0.15) is 5.10 Å². The van der Waals surface area contributed by atoms with Crippen LogP contribution >= 0.6 is 11.6 Å². The van der Waals surface area contributed by atoms with Gasteiger partial charge in [0.15, 0.2) is 0 Å². The zero-order valence-corrected chi connectivity index (χ0v) is 12.3. The molecule has 0 radical (unpaired) electrons. The van der Waals surface area contributed by atoms with Crippen molar-refractivity contribution in [2.24, 2.45) is 0 Å². The Labute approximate surface area is 117 Å². The van der Waals surface area contributed by atoms with Crippen molar-refractivity contribution < 1.29 is 9.90 Å². The van der Waals surface area contributed by atoms with E-state index >= 15 is 0 Å². The topological polar surface area (TPSA) is 67.2 Å². The van der Waals surface area contributed by atoms with Crippen LogP contribution < -0.4 is 5.32 Å². The van der Waals surface area contributed by atoms with Crippen LogP contribution in [0.1, 0.15) is 43.6 Å². The fraction of sp³-hybridized carbons (Fsp3) is 0.692. The summed E-state index contributed by atoms with van der Waals surface area (Å²) >= 11 is 6.16. The lowest BCUT2D eigenvalue weighted by molar-refractivity contribution is -0.144. The van der Waals surface area contributed by atoms with Gasteiger partial charge in [0.05, 0.1) is 22.5 Å². The third-order valence-electron chi connectivity index (χ3n) is 4.00. The van der Waals surface area contributed by atoms with E-state index in [0.717, 1.165) is 17.8 Å². The Hall–Kier alpha value is -1.07. The van der Waals surface area contributed by atoms with E-state index in [0.29, 0.717) is 24.4 Å².